The van der Waals surface area contributed by atoms with Gasteiger partial charge in [-0.3, -0.25) is 73.8 Å². The van der Waals surface area contributed by atoms with Gasteiger partial charge < -0.3 is 82.0 Å². The van der Waals surface area contributed by atoms with Crippen molar-refractivity contribution < 1.29 is 81.0 Å². The molecule has 0 bridgehead atoms. The van der Waals surface area contributed by atoms with E-state index in [-0.39, 0.29) is 89.3 Å². The van der Waals surface area contributed by atoms with Gasteiger partial charge in [-0.2, -0.15) is 0 Å². The number of carbonyl (C=O) groups is 6. The number of rotatable bonds is 38. The van der Waals surface area contributed by atoms with Gasteiger partial charge in [-0.25, -0.2) is 0 Å². The highest BCUT2D eigenvalue weighted by molar-refractivity contribution is 9.09. The van der Waals surface area contributed by atoms with E-state index >= 15 is 0 Å². The molecule has 0 aliphatic carbocycles. The van der Waals surface area contributed by atoms with Crippen molar-refractivity contribution >= 4 is 187 Å². The first-order valence-corrected chi connectivity index (χ1v) is 46.5. The molecule has 0 saturated heterocycles. The zero-order valence-electron chi connectivity index (χ0n) is 73.5. The number of nitro groups is 4. The number of nitrogens with two attached hydrogens (primary N) is 2. The van der Waals surface area contributed by atoms with E-state index in [4.69, 9.17) is 39.5 Å². The third-order valence-electron chi connectivity index (χ3n) is 18.1. The van der Waals surface area contributed by atoms with E-state index in [9.17, 15) is 73.8 Å². The SMILES string of the molecule is COc1ccccc1NC(=O)c1c(NC(=O)CN)cccc1Sc1ccc([N+](=O)[O-])cc1.COc1ccccc1NC(=O)c1c(NC(=O)CN)cccc1Sc1ccc([N+](=O)[O-])cc1.COc1ccccc1NC(=O)c1c(NCCBr)cccc1Sc1ccc([N+](=O)[O-])cc1.COc1ccccc1NC(=O)c1c(NCP(=O)(OC(C)C)OC(C)C)cccc1Sc1ccc([N+](=O)[O-])cc1.Cl. The number of nitrogens with zero attached hydrogens (tertiary/aromatic N) is 4. The Balaban J connectivity index is 0.000000222. The summed E-state index contributed by atoms with van der Waals surface area (Å²) in [5.74, 6) is -0.542. The number of alkyl halides is 1. The molecular formula is C93H93BrClN14O21PS4. The molecule has 0 heterocycles. The molecule has 12 aromatic rings. The second kappa shape index (κ2) is 53.1. The molecule has 0 atom stereocenters. The van der Waals surface area contributed by atoms with Crippen LogP contribution < -0.4 is 72.9 Å². The molecule has 0 radical (unpaired) electrons. The Morgan fingerprint density at radius 3 is 0.800 bits per heavy atom. The van der Waals surface area contributed by atoms with Gasteiger partial charge in [0.2, 0.25) is 11.8 Å². The van der Waals surface area contributed by atoms with Crippen LogP contribution in [0.5, 0.6) is 23.0 Å². The van der Waals surface area contributed by atoms with Crippen molar-refractivity contribution in [3.05, 3.63) is 330 Å². The summed E-state index contributed by atoms with van der Waals surface area (Å²) < 4.78 is 46.0. The van der Waals surface area contributed by atoms with Crippen molar-refractivity contribution in [1.82, 2.24) is 0 Å². The first-order valence-electron chi connectivity index (χ1n) is 40.4. The van der Waals surface area contributed by atoms with E-state index in [0.717, 1.165) is 15.1 Å². The number of hydrogen-bond donors (Lipinski definition) is 10. The maximum Gasteiger partial charge on any atom is 0.350 e. The van der Waals surface area contributed by atoms with E-state index in [1.54, 1.807) is 223 Å². The second-order valence-electron chi connectivity index (χ2n) is 28.1. The number of benzene rings is 12. The normalized spacial score (nSPS) is 10.6. The first-order chi connectivity index (χ1) is 64.4. The van der Waals surface area contributed by atoms with Crippen LogP contribution in [0.1, 0.15) is 69.1 Å². The number of nitrogens with one attached hydrogen (secondary N) is 8. The van der Waals surface area contributed by atoms with Gasteiger partial charge >= 0.3 is 7.60 Å². The minimum atomic E-state index is -3.56. The standard InChI is InChI=1S/C27H32N3O7PS.C22H20BrN3O4S.2C22H20N4O5S.ClH/c1-18(2)36-38(34,37-19(3)4)17-28-23-10-8-12-25(39-21-15-13-20(14-16-21)30(32)33)26(23)27(31)29-22-9-6-7-11-24(22)35-5;1-30-19-7-3-2-5-17(19)25-22(27)21-18(24-14-13-23)6-4-8-20(21)31-16-11-9-15(10-12-16)26(28)29;2*1-31-18-7-3-2-5-16(18)25-22(28)21-17(24-20(27)13-23)6-4-8-19(21)32-15-11-9-14(10-12-15)26(29)30;/h6-16,18-19,28H,17H2,1-5H3,(H,29,31);2-12,24H,13-14H2,1H3,(H,25,27);2*2-12H,13,23H2,1H3,(H,24,27)(H,25,28);1H. The third kappa shape index (κ3) is 31.6. The monoisotopic (exact) mass is 2010 g/mol. The van der Waals surface area contributed by atoms with Gasteiger partial charge in [-0.1, -0.05) is 136 Å². The van der Waals surface area contributed by atoms with E-state index in [1.165, 1.54) is 117 Å². The van der Waals surface area contributed by atoms with Crippen molar-refractivity contribution in [1.29, 1.82) is 0 Å². The minimum absolute atomic E-state index is 0. The zero-order chi connectivity index (χ0) is 97.0. The number of ether oxygens (including phenoxy) is 4. The predicted molar refractivity (Wildman–Crippen MR) is 532 cm³/mol. The average molecular weight is 2020 g/mol. The van der Waals surface area contributed by atoms with Crippen molar-refractivity contribution in [3.8, 4) is 23.0 Å². The molecule has 6 amide bonds. The number of para-hydroxylation sites is 8. The van der Waals surface area contributed by atoms with Crippen LogP contribution in [0.4, 0.5) is 68.2 Å². The second-order valence-corrected chi connectivity index (χ2v) is 35.3. The predicted octanol–water partition coefficient (Wildman–Crippen LogP) is 21.5. The molecule has 0 aliphatic rings. The third-order valence-corrected chi connectivity index (χ3v) is 24.8. The maximum atomic E-state index is 13.7. The molecule has 0 saturated carbocycles. The molecule has 0 aromatic heterocycles. The summed E-state index contributed by atoms with van der Waals surface area (Å²) in [6.45, 7) is 7.23. The molecule has 135 heavy (non-hydrogen) atoms. The molecule has 0 fully saturated rings. The molecule has 12 rings (SSSR count). The fourth-order valence-corrected chi connectivity index (χ4v) is 18.2. The molecule has 35 nitrogen and oxygen atoms in total. The number of nitro benzene ring substituents is 4. The molecule has 704 valence electrons. The molecule has 42 heteroatoms. The number of halogens is 2. The van der Waals surface area contributed by atoms with Crippen LogP contribution in [-0.2, 0) is 23.2 Å². The average Bonchev–Trinajstić information content (AvgIpc) is 0.821. The fraction of sp³-hybridized carbons (Fsp3) is 0.161. The quantitative estimate of drug-likeness (QED) is 0.00743. The smallest absolute Gasteiger partial charge is 0.350 e. The Labute approximate surface area is 807 Å². The van der Waals surface area contributed by atoms with E-state index in [1.807, 2.05) is 30.3 Å². The van der Waals surface area contributed by atoms with Crippen LogP contribution in [-0.4, -0.2) is 127 Å². The van der Waals surface area contributed by atoms with Gasteiger partial charge in [0.25, 0.3) is 46.4 Å². The summed E-state index contributed by atoms with van der Waals surface area (Å²) in [6.07, 6.45) is -0.841. The topological polar surface area (TPSA) is 496 Å². The summed E-state index contributed by atoms with van der Waals surface area (Å²) in [5, 5.41) is 67.6. The number of non-ortho nitro benzene ring substituents is 4. The van der Waals surface area contributed by atoms with Crippen LogP contribution in [0.25, 0.3) is 0 Å². The van der Waals surface area contributed by atoms with Crippen LogP contribution in [0.2, 0.25) is 0 Å². The number of amides is 6. The molecule has 0 aliphatic heterocycles. The molecule has 12 N–H and O–H groups in total. The van der Waals surface area contributed by atoms with E-state index in [2.05, 4.69) is 58.5 Å². The van der Waals surface area contributed by atoms with Crippen molar-refractivity contribution in [2.45, 2.75) is 79.1 Å². The Kier molecular flexibility index (Phi) is 41.9. The van der Waals surface area contributed by atoms with Gasteiger partial charge in [0.15, 0.2) is 0 Å². The summed E-state index contributed by atoms with van der Waals surface area (Å²) >= 11 is 8.49. The van der Waals surface area contributed by atoms with Gasteiger partial charge in [-0.05, 0) is 173 Å². The van der Waals surface area contributed by atoms with Crippen LogP contribution in [0.15, 0.2) is 306 Å². The van der Waals surface area contributed by atoms with Crippen LogP contribution in [0, 0.1) is 40.5 Å². The van der Waals surface area contributed by atoms with Gasteiger partial charge in [0.05, 0.1) is 130 Å². The van der Waals surface area contributed by atoms with Gasteiger partial charge in [0, 0.05) is 111 Å². The van der Waals surface area contributed by atoms with Crippen molar-refractivity contribution in [2.75, 3.05) is 102 Å². The number of hydrogen-bond acceptors (Lipinski definition) is 29. The Bertz CT molecular complexity index is 6030. The lowest BCUT2D eigenvalue weighted by Crippen LogP contribution is -2.24. The van der Waals surface area contributed by atoms with Gasteiger partial charge in [0.1, 0.15) is 29.3 Å². The van der Waals surface area contributed by atoms with Crippen LogP contribution >= 0.6 is 83.0 Å². The first kappa shape index (κ1) is 106. The number of anilines is 8. The van der Waals surface area contributed by atoms with Gasteiger partial charge in [-0.15, -0.1) is 12.4 Å². The Morgan fingerprint density at radius 1 is 0.341 bits per heavy atom. The Morgan fingerprint density at radius 2 is 0.570 bits per heavy atom. The number of carbonyl (C=O) groups excluding carboxylic acids is 6. The lowest BCUT2D eigenvalue weighted by molar-refractivity contribution is -0.385. The minimum Gasteiger partial charge on any atom is -0.495 e. The maximum absolute atomic E-state index is 13.7. The highest BCUT2D eigenvalue weighted by Crippen LogP contribution is 2.51. The van der Waals surface area contributed by atoms with Crippen LogP contribution in [0.3, 0.4) is 0 Å². The van der Waals surface area contributed by atoms with E-state index < -0.39 is 56.8 Å². The molecule has 0 spiro atoms. The molecular weight excluding hydrogens is 1920 g/mol. The molecule has 0 unspecified atom stereocenters. The lowest BCUT2D eigenvalue weighted by Gasteiger charge is -2.24. The summed E-state index contributed by atoms with van der Waals surface area (Å²) in [4.78, 5) is 125. The largest absolute Gasteiger partial charge is 0.495 e. The highest BCUT2D eigenvalue weighted by atomic mass is 79.9. The lowest BCUT2D eigenvalue weighted by atomic mass is 10.1. The Hall–Kier alpha value is -13.9. The summed E-state index contributed by atoms with van der Waals surface area (Å²) in [7, 11) is 2.50. The number of methoxy groups -OCH3 is 4. The van der Waals surface area contributed by atoms with Crippen molar-refractivity contribution in [2.24, 2.45) is 11.5 Å². The highest BCUT2D eigenvalue weighted by Gasteiger charge is 2.31. The summed E-state index contributed by atoms with van der Waals surface area (Å²) in [5.41, 5.74) is 15.6. The molecule has 12 aromatic carbocycles. The van der Waals surface area contributed by atoms with Crippen molar-refractivity contribution in [3.63, 3.8) is 0 Å². The zero-order valence-corrected chi connectivity index (χ0v) is 80.0. The fourth-order valence-electron chi connectivity index (χ4n) is 12.2. The summed E-state index contributed by atoms with van der Waals surface area (Å²) in [6, 6.07) is 73.1. The van der Waals surface area contributed by atoms with E-state index in [0.29, 0.717) is 110 Å².